The first-order chi connectivity index (χ1) is 10.2. The molecule has 0 saturated carbocycles. The summed E-state index contributed by atoms with van der Waals surface area (Å²) in [5, 5.41) is 0.761. The number of fused-ring (bicyclic) bond motifs is 1. The summed E-state index contributed by atoms with van der Waals surface area (Å²) in [6, 6.07) is 13.9. The maximum Gasteiger partial charge on any atom is 0.110 e. The van der Waals surface area contributed by atoms with E-state index in [-0.39, 0.29) is 0 Å². The molecule has 0 aliphatic heterocycles. The smallest absolute Gasteiger partial charge is 0.110 e. The zero-order valence-corrected chi connectivity index (χ0v) is 12.8. The van der Waals surface area contributed by atoms with Gasteiger partial charge in [0.25, 0.3) is 0 Å². The fraction of sp³-hybridized carbons (Fsp3) is 0.235. The predicted octanol–water partition coefficient (Wildman–Crippen LogP) is 4.08. The summed E-state index contributed by atoms with van der Waals surface area (Å²) in [6.45, 7) is 2.99. The Morgan fingerprint density at radius 1 is 1.14 bits per heavy atom. The molecule has 0 radical (unpaired) electrons. The second-order valence-corrected chi connectivity index (χ2v) is 5.53. The van der Waals surface area contributed by atoms with Gasteiger partial charge in [-0.1, -0.05) is 29.8 Å². The summed E-state index contributed by atoms with van der Waals surface area (Å²) in [5.41, 5.74) is 9.86. The van der Waals surface area contributed by atoms with Gasteiger partial charge in [-0.25, -0.2) is 4.98 Å². The molecule has 3 aromatic rings. The van der Waals surface area contributed by atoms with Crippen molar-refractivity contribution in [3.63, 3.8) is 0 Å². The van der Waals surface area contributed by atoms with Crippen LogP contribution in [-0.4, -0.2) is 9.55 Å². The van der Waals surface area contributed by atoms with E-state index in [1.54, 1.807) is 0 Å². The highest BCUT2D eigenvalue weighted by atomic mass is 35.5. The maximum atomic E-state index is 6.31. The largest absolute Gasteiger partial charge is 0.399 e. The fourth-order valence-corrected chi connectivity index (χ4v) is 3.00. The molecule has 1 heterocycles. The van der Waals surface area contributed by atoms with Crippen LogP contribution in [0.15, 0.2) is 42.5 Å². The molecule has 108 valence electrons. The molecule has 0 saturated heterocycles. The number of para-hydroxylation sites is 1. The molecule has 0 aliphatic rings. The third-order valence-electron chi connectivity index (χ3n) is 3.70. The summed E-state index contributed by atoms with van der Waals surface area (Å²) in [5.74, 6) is 1.07. The van der Waals surface area contributed by atoms with Gasteiger partial charge in [-0.3, -0.25) is 0 Å². The van der Waals surface area contributed by atoms with Gasteiger partial charge in [0.2, 0.25) is 0 Å². The Balaban J connectivity index is 1.92. The minimum absolute atomic E-state index is 0.761. The van der Waals surface area contributed by atoms with Crippen LogP contribution in [0.5, 0.6) is 0 Å². The van der Waals surface area contributed by atoms with Crippen LogP contribution in [0.4, 0.5) is 5.69 Å². The second kappa shape index (κ2) is 5.78. The zero-order valence-electron chi connectivity index (χ0n) is 12.0. The van der Waals surface area contributed by atoms with E-state index >= 15 is 0 Å². The molecule has 0 unspecified atom stereocenters. The number of nitrogen functional groups attached to an aromatic ring is 1. The molecule has 0 fully saturated rings. The molecule has 2 N–H and O–H groups in total. The predicted molar refractivity (Wildman–Crippen MR) is 88.7 cm³/mol. The Bertz CT molecular complexity index is 777. The topological polar surface area (TPSA) is 43.8 Å². The second-order valence-electron chi connectivity index (χ2n) is 5.12. The van der Waals surface area contributed by atoms with Gasteiger partial charge in [-0.2, -0.15) is 0 Å². The van der Waals surface area contributed by atoms with Crippen molar-refractivity contribution in [3.05, 3.63) is 58.9 Å². The number of nitrogens with two attached hydrogens (primary N) is 1. The number of rotatable bonds is 4. The first-order valence-electron chi connectivity index (χ1n) is 7.17. The maximum absolute atomic E-state index is 6.31. The van der Waals surface area contributed by atoms with Crippen LogP contribution in [0.25, 0.3) is 11.0 Å². The van der Waals surface area contributed by atoms with Crippen LogP contribution in [-0.2, 0) is 19.4 Å². The number of benzene rings is 2. The third-order valence-corrected chi connectivity index (χ3v) is 4.01. The van der Waals surface area contributed by atoms with Crippen molar-refractivity contribution < 1.29 is 0 Å². The number of nitrogens with zero attached hydrogens (tertiary/aromatic N) is 2. The third kappa shape index (κ3) is 2.74. The van der Waals surface area contributed by atoms with Gasteiger partial charge in [0, 0.05) is 18.7 Å². The van der Waals surface area contributed by atoms with E-state index in [1.807, 2.05) is 36.4 Å². The van der Waals surface area contributed by atoms with Gasteiger partial charge in [-0.15, -0.1) is 0 Å². The molecule has 1 aromatic heterocycles. The van der Waals surface area contributed by atoms with Crippen molar-refractivity contribution in [2.45, 2.75) is 26.3 Å². The first kappa shape index (κ1) is 14.0. The number of hydrogen-bond acceptors (Lipinski definition) is 2. The van der Waals surface area contributed by atoms with Crippen molar-refractivity contribution >= 4 is 28.3 Å². The van der Waals surface area contributed by atoms with E-state index in [4.69, 9.17) is 22.3 Å². The van der Waals surface area contributed by atoms with E-state index < -0.39 is 0 Å². The van der Waals surface area contributed by atoms with Gasteiger partial charge in [-0.05, 0) is 43.2 Å². The lowest BCUT2D eigenvalue weighted by molar-refractivity contribution is 0.707. The Morgan fingerprint density at radius 3 is 2.71 bits per heavy atom. The monoisotopic (exact) mass is 299 g/mol. The standard InChI is InChI=1S/C17H18ClN3/c1-2-21-16(10-9-12-5-3-6-13(19)11-12)20-15-8-4-7-14(18)17(15)21/h3-8,11H,2,9-10,19H2,1H3. The minimum atomic E-state index is 0.761. The highest BCUT2D eigenvalue weighted by Gasteiger charge is 2.12. The van der Waals surface area contributed by atoms with Crippen LogP contribution < -0.4 is 5.73 Å². The zero-order chi connectivity index (χ0) is 14.8. The van der Waals surface area contributed by atoms with Gasteiger partial charge < -0.3 is 10.3 Å². The van der Waals surface area contributed by atoms with E-state index in [2.05, 4.69) is 17.6 Å². The molecule has 2 aromatic carbocycles. The Hall–Kier alpha value is -2.00. The van der Waals surface area contributed by atoms with E-state index in [1.165, 1.54) is 5.56 Å². The van der Waals surface area contributed by atoms with Crippen LogP contribution in [0, 0.1) is 0 Å². The lowest BCUT2D eigenvalue weighted by atomic mass is 10.1. The number of hydrogen-bond donors (Lipinski definition) is 1. The van der Waals surface area contributed by atoms with Crippen LogP contribution in [0.1, 0.15) is 18.3 Å². The highest BCUT2D eigenvalue weighted by molar-refractivity contribution is 6.35. The van der Waals surface area contributed by atoms with Gasteiger partial charge in [0.05, 0.1) is 16.1 Å². The Morgan fingerprint density at radius 2 is 1.95 bits per heavy atom. The normalized spacial score (nSPS) is 11.1. The number of aromatic nitrogens is 2. The Labute approximate surface area is 129 Å². The summed E-state index contributed by atoms with van der Waals surface area (Å²) in [7, 11) is 0. The quantitative estimate of drug-likeness (QED) is 0.738. The van der Waals surface area contributed by atoms with E-state index in [0.29, 0.717) is 0 Å². The lowest BCUT2D eigenvalue weighted by Crippen LogP contribution is -2.04. The van der Waals surface area contributed by atoms with Gasteiger partial charge >= 0.3 is 0 Å². The highest BCUT2D eigenvalue weighted by Crippen LogP contribution is 2.25. The molecule has 0 bridgehead atoms. The number of imidazole rings is 1. The van der Waals surface area contributed by atoms with Crippen LogP contribution >= 0.6 is 11.6 Å². The fourth-order valence-electron chi connectivity index (χ4n) is 2.73. The molecular formula is C17H18ClN3. The average Bonchev–Trinajstić information content (AvgIpc) is 2.84. The summed E-state index contributed by atoms with van der Waals surface area (Å²) < 4.78 is 2.20. The molecule has 0 atom stereocenters. The van der Waals surface area contributed by atoms with Crippen LogP contribution in [0.2, 0.25) is 5.02 Å². The van der Waals surface area contributed by atoms with Crippen LogP contribution in [0.3, 0.4) is 0 Å². The lowest BCUT2D eigenvalue weighted by Gasteiger charge is -2.07. The van der Waals surface area contributed by atoms with Crippen molar-refractivity contribution in [2.24, 2.45) is 0 Å². The van der Waals surface area contributed by atoms with Crippen molar-refractivity contribution in [2.75, 3.05) is 5.73 Å². The SMILES string of the molecule is CCn1c(CCc2cccc(N)c2)nc2cccc(Cl)c21. The number of halogens is 1. The molecule has 21 heavy (non-hydrogen) atoms. The molecule has 3 nitrogen and oxygen atoms in total. The molecule has 3 rings (SSSR count). The average molecular weight is 300 g/mol. The molecular weight excluding hydrogens is 282 g/mol. The number of anilines is 1. The van der Waals surface area contributed by atoms with Crippen molar-refractivity contribution in [1.82, 2.24) is 9.55 Å². The molecule has 4 heteroatoms. The van der Waals surface area contributed by atoms with Crippen molar-refractivity contribution in [1.29, 1.82) is 0 Å². The number of aryl methyl sites for hydroxylation is 3. The molecule has 0 spiro atoms. The summed E-state index contributed by atoms with van der Waals surface area (Å²) >= 11 is 6.31. The minimum Gasteiger partial charge on any atom is -0.399 e. The summed E-state index contributed by atoms with van der Waals surface area (Å²) in [4.78, 5) is 4.73. The van der Waals surface area contributed by atoms with E-state index in [0.717, 1.165) is 47.0 Å². The molecule has 0 amide bonds. The van der Waals surface area contributed by atoms with Gasteiger partial charge in [0.1, 0.15) is 5.82 Å². The Kier molecular flexibility index (Phi) is 3.84. The summed E-state index contributed by atoms with van der Waals surface area (Å²) in [6.07, 6.45) is 1.80. The van der Waals surface area contributed by atoms with Crippen molar-refractivity contribution in [3.8, 4) is 0 Å². The first-order valence-corrected chi connectivity index (χ1v) is 7.55. The molecule has 0 aliphatic carbocycles. The van der Waals surface area contributed by atoms with E-state index in [9.17, 15) is 0 Å². The van der Waals surface area contributed by atoms with Gasteiger partial charge in [0.15, 0.2) is 0 Å².